The van der Waals surface area contributed by atoms with E-state index < -0.39 is 4.92 Å². The SMILES string of the molecule is COc1cc([N+](=O)[O-])ccc1OCC(=O)c1ccn(C)c1. The highest BCUT2D eigenvalue weighted by Gasteiger charge is 2.14. The molecule has 7 heteroatoms. The molecule has 110 valence electrons. The van der Waals surface area contributed by atoms with Gasteiger partial charge < -0.3 is 14.0 Å². The molecule has 0 unspecified atom stereocenters. The molecule has 0 bridgehead atoms. The first kappa shape index (κ1) is 14.6. The number of carbonyl (C=O) groups is 1. The number of hydrogen-bond donors (Lipinski definition) is 0. The van der Waals surface area contributed by atoms with E-state index in [-0.39, 0.29) is 29.6 Å². The number of nitro groups is 1. The second-order valence-corrected chi connectivity index (χ2v) is 4.37. The summed E-state index contributed by atoms with van der Waals surface area (Å²) in [6.07, 6.45) is 3.46. The summed E-state index contributed by atoms with van der Waals surface area (Å²) in [5, 5.41) is 10.7. The van der Waals surface area contributed by atoms with Crippen molar-refractivity contribution in [2.24, 2.45) is 7.05 Å². The lowest BCUT2D eigenvalue weighted by Gasteiger charge is -2.09. The van der Waals surface area contributed by atoms with Gasteiger partial charge in [-0.1, -0.05) is 0 Å². The highest BCUT2D eigenvalue weighted by molar-refractivity contribution is 5.97. The summed E-state index contributed by atoms with van der Waals surface area (Å²) in [4.78, 5) is 22.1. The van der Waals surface area contributed by atoms with Crippen LogP contribution in [0.2, 0.25) is 0 Å². The summed E-state index contributed by atoms with van der Waals surface area (Å²) in [5.41, 5.74) is 0.437. The summed E-state index contributed by atoms with van der Waals surface area (Å²) in [6, 6.07) is 5.65. The fourth-order valence-electron chi connectivity index (χ4n) is 1.78. The lowest BCUT2D eigenvalue weighted by Crippen LogP contribution is -2.11. The number of benzene rings is 1. The van der Waals surface area contributed by atoms with E-state index in [9.17, 15) is 14.9 Å². The summed E-state index contributed by atoms with van der Waals surface area (Å²) in [7, 11) is 3.20. The average Bonchev–Trinajstić information content (AvgIpc) is 2.91. The first-order valence-electron chi connectivity index (χ1n) is 6.11. The van der Waals surface area contributed by atoms with Crippen molar-refractivity contribution in [3.8, 4) is 11.5 Å². The van der Waals surface area contributed by atoms with Gasteiger partial charge in [0.1, 0.15) is 0 Å². The Hall–Kier alpha value is -2.83. The molecule has 0 fully saturated rings. The lowest BCUT2D eigenvalue weighted by molar-refractivity contribution is -0.384. The maximum atomic E-state index is 11.9. The van der Waals surface area contributed by atoms with Crippen LogP contribution in [0.25, 0.3) is 0 Å². The highest BCUT2D eigenvalue weighted by Crippen LogP contribution is 2.31. The Morgan fingerprint density at radius 3 is 2.67 bits per heavy atom. The summed E-state index contributed by atoms with van der Waals surface area (Å²) < 4.78 is 12.2. The number of ketones is 1. The Labute approximate surface area is 120 Å². The molecule has 2 aromatic rings. The number of carbonyl (C=O) groups excluding carboxylic acids is 1. The fourth-order valence-corrected chi connectivity index (χ4v) is 1.78. The molecule has 0 amide bonds. The Morgan fingerprint density at radius 2 is 2.10 bits per heavy atom. The fraction of sp³-hybridized carbons (Fsp3) is 0.214. The Kier molecular flexibility index (Phi) is 4.22. The van der Waals surface area contributed by atoms with Crippen LogP contribution < -0.4 is 9.47 Å². The average molecular weight is 290 g/mol. The van der Waals surface area contributed by atoms with Gasteiger partial charge in [0, 0.05) is 31.1 Å². The van der Waals surface area contributed by atoms with Crippen molar-refractivity contribution in [3.63, 3.8) is 0 Å². The van der Waals surface area contributed by atoms with Crippen molar-refractivity contribution in [3.05, 3.63) is 52.3 Å². The van der Waals surface area contributed by atoms with E-state index in [1.165, 1.54) is 25.3 Å². The largest absolute Gasteiger partial charge is 0.493 e. The number of nitrogens with zero attached hydrogens (tertiary/aromatic N) is 2. The Morgan fingerprint density at radius 1 is 1.33 bits per heavy atom. The van der Waals surface area contributed by atoms with E-state index in [2.05, 4.69) is 0 Å². The topological polar surface area (TPSA) is 83.6 Å². The van der Waals surface area contributed by atoms with Crippen LogP contribution in [0.5, 0.6) is 11.5 Å². The molecule has 0 radical (unpaired) electrons. The highest BCUT2D eigenvalue weighted by atomic mass is 16.6. The molecule has 0 spiro atoms. The van der Waals surface area contributed by atoms with Gasteiger partial charge in [-0.05, 0) is 12.1 Å². The van der Waals surface area contributed by atoms with Crippen LogP contribution in [0, 0.1) is 10.1 Å². The van der Waals surface area contributed by atoms with E-state index in [0.717, 1.165) is 0 Å². The van der Waals surface area contributed by atoms with Gasteiger partial charge in [0.15, 0.2) is 18.1 Å². The van der Waals surface area contributed by atoms with Crippen molar-refractivity contribution in [1.29, 1.82) is 0 Å². The van der Waals surface area contributed by atoms with E-state index in [0.29, 0.717) is 5.56 Å². The van der Waals surface area contributed by atoms with Crippen LogP contribution in [0.3, 0.4) is 0 Å². The van der Waals surface area contributed by atoms with Crippen molar-refractivity contribution < 1.29 is 19.2 Å². The molecule has 7 nitrogen and oxygen atoms in total. The number of methoxy groups -OCH3 is 1. The second kappa shape index (κ2) is 6.08. The number of non-ortho nitro benzene ring substituents is 1. The van der Waals surface area contributed by atoms with Gasteiger partial charge in [0.05, 0.1) is 18.1 Å². The van der Waals surface area contributed by atoms with Gasteiger partial charge in [0.2, 0.25) is 5.78 Å². The first-order valence-corrected chi connectivity index (χ1v) is 6.11. The van der Waals surface area contributed by atoms with Gasteiger partial charge in [-0.15, -0.1) is 0 Å². The first-order chi connectivity index (χ1) is 10.0. The van der Waals surface area contributed by atoms with E-state index in [1.54, 1.807) is 23.0 Å². The van der Waals surface area contributed by atoms with Crippen LogP contribution in [0.15, 0.2) is 36.7 Å². The standard InChI is InChI=1S/C14H14N2O5/c1-15-6-5-10(8-15)12(17)9-21-13-4-3-11(16(18)19)7-14(13)20-2/h3-8H,9H2,1-2H3. The molecule has 0 saturated carbocycles. The number of rotatable bonds is 6. The lowest BCUT2D eigenvalue weighted by atomic mass is 10.2. The van der Waals surface area contributed by atoms with E-state index in [1.807, 2.05) is 7.05 Å². The molecule has 1 aromatic carbocycles. The van der Waals surface area contributed by atoms with Crippen LogP contribution in [0.4, 0.5) is 5.69 Å². The third kappa shape index (κ3) is 3.38. The van der Waals surface area contributed by atoms with Gasteiger partial charge in [-0.2, -0.15) is 0 Å². The summed E-state index contributed by atoms with van der Waals surface area (Å²) in [6.45, 7) is -0.168. The molecule has 0 aliphatic carbocycles. The number of Topliss-reactive ketones (excluding diaryl/α,β-unsaturated/α-hetero) is 1. The van der Waals surface area contributed by atoms with Gasteiger partial charge in [0.25, 0.3) is 5.69 Å². The van der Waals surface area contributed by atoms with Crippen molar-refractivity contribution in [2.75, 3.05) is 13.7 Å². The van der Waals surface area contributed by atoms with E-state index in [4.69, 9.17) is 9.47 Å². The quantitative estimate of drug-likeness (QED) is 0.462. The van der Waals surface area contributed by atoms with Gasteiger partial charge in [-0.25, -0.2) is 0 Å². The maximum Gasteiger partial charge on any atom is 0.273 e. The van der Waals surface area contributed by atoms with Crippen molar-refractivity contribution in [1.82, 2.24) is 4.57 Å². The summed E-state index contributed by atoms with van der Waals surface area (Å²) in [5.74, 6) is 0.313. The molecular formula is C14H14N2O5. The van der Waals surface area contributed by atoms with Gasteiger partial charge in [-0.3, -0.25) is 14.9 Å². The minimum atomic E-state index is -0.526. The number of aryl methyl sites for hydroxylation is 1. The summed E-state index contributed by atoms with van der Waals surface area (Å²) >= 11 is 0. The minimum Gasteiger partial charge on any atom is -0.493 e. The van der Waals surface area contributed by atoms with Crippen molar-refractivity contribution in [2.45, 2.75) is 0 Å². The molecule has 0 aliphatic heterocycles. The minimum absolute atomic E-state index is 0.103. The van der Waals surface area contributed by atoms with Crippen LogP contribution >= 0.6 is 0 Å². The zero-order valence-electron chi connectivity index (χ0n) is 11.6. The molecule has 0 atom stereocenters. The zero-order chi connectivity index (χ0) is 15.4. The number of aromatic nitrogens is 1. The monoisotopic (exact) mass is 290 g/mol. The molecular weight excluding hydrogens is 276 g/mol. The third-order valence-electron chi connectivity index (χ3n) is 2.87. The molecule has 1 aromatic heterocycles. The molecule has 0 N–H and O–H groups in total. The maximum absolute atomic E-state index is 11.9. The molecule has 0 aliphatic rings. The predicted octanol–water partition coefficient (Wildman–Crippen LogP) is 2.20. The molecule has 1 heterocycles. The van der Waals surface area contributed by atoms with Crippen LogP contribution in [-0.4, -0.2) is 29.0 Å². The number of hydrogen-bond acceptors (Lipinski definition) is 5. The van der Waals surface area contributed by atoms with Crippen molar-refractivity contribution >= 4 is 11.5 Å². The van der Waals surface area contributed by atoms with Crippen LogP contribution in [0.1, 0.15) is 10.4 Å². The normalized spacial score (nSPS) is 10.2. The Bertz CT molecular complexity index is 678. The smallest absolute Gasteiger partial charge is 0.273 e. The van der Waals surface area contributed by atoms with Crippen LogP contribution in [-0.2, 0) is 7.05 Å². The Balaban J connectivity index is 2.09. The molecule has 2 rings (SSSR count). The predicted molar refractivity (Wildman–Crippen MR) is 74.9 cm³/mol. The zero-order valence-corrected chi connectivity index (χ0v) is 11.6. The number of nitro benzene ring substituents is 1. The molecule has 21 heavy (non-hydrogen) atoms. The second-order valence-electron chi connectivity index (χ2n) is 4.37. The molecule has 0 saturated heterocycles. The third-order valence-corrected chi connectivity index (χ3v) is 2.87. The van der Waals surface area contributed by atoms with Gasteiger partial charge >= 0.3 is 0 Å². The number of ether oxygens (including phenoxy) is 2. The van der Waals surface area contributed by atoms with E-state index >= 15 is 0 Å².